The Morgan fingerprint density at radius 3 is 2.50 bits per heavy atom. The highest BCUT2D eigenvalue weighted by atomic mass is 16.5. The number of nitrogens with zero attached hydrogens (tertiary/aromatic N) is 2. The number of morpholine rings is 1. The predicted molar refractivity (Wildman–Crippen MR) is 86.6 cm³/mol. The Kier molecular flexibility index (Phi) is 4.50. The van der Waals surface area contributed by atoms with Crippen LogP contribution in [0.25, 0.3) is 0 Å². The summed E-state index contributed by atoms with van der Waals surface area (Å²) in [7, 11) is 0. The Bertz CT molecular complexity index is 536. The zero-order valence-electron chi connectivity index (χ0n) is 13.8. The van der Waals surface area contributed by atoms with Crippen molar-refractivity contribution in [2.45, 2.75) is 52.0 Å². The van der Waals surface area contributed by atoms with Gasteiger partial charge in [0, 0.05) is 26.2 Å². The van der Waals surface area contributed by atoms with Gasteiger partial charge in [-0.3, -0.25) is 9.69 Å². The van der Waals surface area contributed by atoms with Gasteiger partial charge in [0.25, 0.3) is 0 Å². The molecule has 2 aliphatic heterocycles. The molecule has 22 heavy (non-hydrogen) atoms. The van der Waals surface area contributed by atoms with Crippen LogP contribution in [0.4, 0.5) is 0 Å². The number of carbonyl (C=O) groups excluding carboxylic acids is 1. The zero-order chi connectivity index (χ0) is 15.7. The molecular weight excluding hydrogens is 276 g/mol. The largest absolute Gasteiger partial charge is 0.372 e. The van der Waals surface area contributed by atoms with Crippen LogP contribution in [0.2, 0.25) is 0 Å². The zero-order valence-corrected chi connectivity index (χ0v) is 13.8. The van der Waals surface area contributed by atoms with E-state index in [2.05, 4.69) is 29.2 Å². The average Bonchev–Trinajstić information content (AvgIpc) is 2.52. The molecule has 2 heterocycles. The lowest BCUT2D eigenvalue weighted by atomic mass is 9.98. The van der Waals surface area contributed by atoms with E-state index in [1.807, 2.05) is 25.7 Å². The first-order valence-electron chi connectivity index (χ1n) is 8.29. The van der Waals surface area contributed by atoms with E-state index in [0.29, 0.717) is 13.1 Å². The number of amides is 1. The first-order chi connectivity index (χ1) is 10.5. The van der Waals surface area contributed by atoms with E-state index in [1.165, 1.54) is 11.1 Å². The summed E-state index contributed by atoms with van der Waals surface area (Å²) in [5, 5.41) is 0. The van der Waals surface area contributed by atoms with Crippen LogP contribution in [0.5, 0.6) is 0 Å². The van der Waals surface area contributed by atoms with E-state index in [0.717, 1.165) is 19.5 Å². The Hall–Kier alpha value is -1.39. The summed E-state index contributed by atoms with van der Waals surface area (Å²) in [6.07, 6.45) is 1.29. The quantitative estimate of drug-likeness (QED) is 0.838. The van der Waals surface area contributed by atoms with E-state index in [9.17, 15) is 4.79 Å². The highest BCUT2D eigenvalue weighted by Crippen LogP contribution is 2.22. The molecule has 2 aliphatic rings. The second-order valence-corrected chi connectivity index (χ2v) is 6.67. The number of ether oxygens (including phenoxy) is 1. The molecule has 0 saturated carbocycles. The molecule has 1 aromatic carbocycles. The first kappa shape index (κ1) is 15.5. The Morgan fingerprint density at radius 2 is 1.82 bits per heavy atom. The van der Waals surface area contributed by atoms with Crippen molar-refractivity contribution in [3.05, 3.63) is 35.4 Å². The van der Waals surface area contributed by atoms with E-state index in [4.69, 9.17) is 4.74 Å². The summed E-state index contributed by atoms with van der Waals surface area (Å²) in [5.41, 5.74) is 2.78. The Morgan fingerprint density at radius 1 is 1.18 bits per heavy atom. The maximum atomic E-state index is 12.8. The fourth-order valence-electron chi connectivity index (χ4n) is 3.63. The molecule has 1 aromatic rings. The summed E-state index contributed by atoms with van der Waals surface area (Å²) >= 11 is 0. The van der Waals surface area contributed by atoms with Gasteiger partial charge in [0.2, 0.25) is 5.91 Å². The van der Waals surface area contributed by atoms with E-state index in [1.54, 1.807) is 0 Å². The van der Waals surface area contributed by atoms with Gasteiger partial charge in [-0.05, 0) is 38.3 Å². The van der Waals surface area contributed by atoms with Gasteiger partial charge in [0.05, 0.1) is 18.2 Å². The van der Waals surface area contributed by atoms with Crippen LogP contribution in [0.15, 0.2) is 24.3 Å². The smallest absolute Gasteiger partial charge is 0.239 e. The van der Waals surface area contributed by atoms with Crippen molar-refractivity contribution in [3.63, 3.8) is 0 Å². The molecule has 0 aromatic heterocycles. The van der Waals surface area contributed by atoms with E-state index >= 15 is 0 Å². The minimum atomic E-state index is -0.0640. The van der Waals surface area contributed by atoms with E-state index < -0.39 is 0 Å². The number of carbonyl (C=O) groups is 1. The first-order valence-corrected chi connectivity index (χ1v) is 8.29. The molecule has 4 nitrogen and oxygen atoms in total. The van der Waals surface area contributed by atoms with E-state index in [-0.39, 0.29) is 24.2 Å². The van der Waals surface area contributed by atoms with Crippen LogP contribution in [0.1, 0.15) is 31.9 Å². The molecule has 1 amide bonds. The van der Waals surface area contributed by atoms with Crippen molar-refractivity contribution in [1.29, 1.82) is 0 Å². The fraction of sp³-hybridized carbons (Fsp3) is 0.611. The molecule has 1 saturated heterocycles. The molecule has 0 spiro atoms. The lowest BCUT2D eigenvalue weighted by molar-refractivity contribution is -0.148. The van der Waals surface area contributed by atoms with Gasteiger partial charge in [-0.2, -0.15) is 0 Å². The third kappa shape index (κ3) is 3.18. The van der Waals surface area contributed by atoms with Crippen LogP contribution in [0, 0.1) is 0 Å². The Balaban J connectivity index is 1.66. The molecule has 0 aliphatic carbocycles. The molecular formula is C18H26N2O2. The maximum Gasteiger partial charge on any atom is 0.239 e. The third-order valence-electron chi connectivity index (χ3n) is 4.80. The summed E-state index contributed by atoms with van der Waals surface area (Å²) in [6, 6.07) is 8.49. The summed E-state index contributed by atoms with van der Waals surface area (Å²) < 4.78 is 5.73. The highest BCUT2D eigenvalue weighted by Gasteiger charge is 2.32. The number of rotatable bonds is 2. The summed E-state index contributed by atoms with van der Waals surface area (Å²) in [5.74, 6) is 0.237. The number of hydrogen-bond donors (Lipinski definition) is 0. The van der Waals surface area contributed by atoms with Crippen molar-refractivity contribution < 1.29 is 9.53 Å². The van der Waals surface area contributed by atoms with Crippen molar-refractivity contribution >= 4 is 5.91 Å². The van der Waals surface area contributed by atoms with Crippen LogP contribution < -0.4 is 0 Å². The van der Waals surface area contributed by atoms with Crippen LogP contribution in [0.3, 0.4) is 0 Å². The van der Waals surface area contributed by atoms with Gasteiger partial charge in [-0.25, -0.2) is 0 Å². The van der Waals surface area contributed by atoms with Crippen LogP contribution in [-0.4, -0.2) is 53.6 Å². The van der Waals surface area contributed by atoms with Gasteiger partial charge in [0.1, 0.15) is 0 Å². The SMILES string of the molecule is C[C@@H]1CN(C(=O)[C@H](C)N2CCc3ccccc3C2)C[C@@H](C)O1. The molecule has 0 radical (unpaired) electrons. The normalized spacial score (nSPS) is 27.3. The molecule has 4 heteroatoms. The van der Waals surface area contributed by atoms with Gasteiger partial charge >= 0.3 is 0 Å². The molecule has 3 rings (SSSR count). The van der Waals surface area contributed by atoms with Crippen molar-refractivity contribution in [2.24, 2.45) is 0 Å². The summed E-state index contributed by atoms with van der Waals surface area (Å²) in [4.78, 5) is 17.1. The lowest BCUT2D eigenvalue weighted by Crippen LogP contribution is -2.54. The summed E-state index contributed by atoms with van der Waals surface area (Å²) in [6.45, 7) is 9.37. The van der Waals surface area contributed by atoms with Crippen LogP contribution >= 0.6 is 0 Å². The second-order valence-electron chi connectivity index (χ2n) is 6.67. The van der Waals surface area contributed by atoms with Crippen LogP contribution in [-0.2, 0) is 22.5 Å². The molecule has 0 unspecified atom stereocenters. The number of benzene rings is 1. The second kappa shape index (κ2) is 6.39. The molecule has 120 valence electrons. The maximum absolute atomic E-state index is 12.8. The average molecular weight is 302 g/mol. The third-order valence-corrected chi connectivity index (χ3v) is 4.80. The van der Waals surface area contributed by atoms with Crippen molar-refractivity contribution in [3.8, 4) is 0 Å². The van der Waals surface area contributed by atoms with Crippen molar-refractivity contribution in [2.75, 3.05) is 19.6 Å². The Labute approximate surface area is 133 Å². The molecule has 1 fully saturated rings. The van der Waals surface area contributed by atoms with Gasteiger partial charge in [0.15, 0.2) is 0 Å². The number of hydrogen-bond acceptors (Lipinski definition) is 3. The van der Waals surface area contributed by atoms with Gasteiger partial charge in [-0.15, -0.1) is 0 Å². The standard InChI is InChI=1S/C18H26N2O2/c1-13-10-20(11-14(2)22-13)18(21)15(3)19-9-8-16-6-4-5-7-17(16)12-19/h4-7,13-15H,8-12H2,1-3H3/t13-,14-,15+/m1/s1. The lowest BCUT2D eigenvalue weighted by Gasteiger charge is -2.40. The minimum absolute atomic E-state index is 0.0640. The topological polar surface area (TPSA) is 32.8 Å². The highest BCUT2D eigenvalue weighted by molar-refractivity contribution is 5.81. The molecule has 0 N–H and O–H groups in total. The molecule has 3 atom stereocenters. The molecule has 0 bridgehead atoms. The van der Waals surface area contributed by atoms with Crippen molar-refractivity contribution in [1.82, 2.24) is 9.80 Å². The fourth-order valence-corrected chi connectivity index (χ4v) is 3.63. The number of fused-ring (bicyclic) bond motifs is 1. The predicted octanol–water partition coefficient (Wildman–Crippen LogP) is 2.07. The van der Waals surface area contributed by atoms with Gasteiger partial charge in [-0.1, -0.05) is 24.3 Å². The minimum Gasteiger partial charge on any atom is -0.372 e. The van der Waals surface area contributed by atoms with Gasteiger partial charge < -0.3 is 9.64 Å². The monoisotopic (exact) mass is 302 g/mol.